The zero-order valence-electron chi connectivity index (χ0n) is 12.2. The minimum Gasteiger partial charge on any atom is -0.394 e. The summed E-state index contributed by atoms with van der Waals surface area (Å²) in [6.07, 6.45) is 5.92. The van der Waals surface area contributed by atoms with Gasteiger partial charge in [-0.25, -0.2) is 9.67 Å². The van der Waals surface area contributed by atoms with Gasteiger partial charge in [0.15, 0.2) is 5.16 Å². The van der Waals surface area contributed by atoms with E-state index in [1.807, 2.05) is 7.05 Å². The first kappa shape index (κ1) is 16.5. The summed E-state index contributed by atoms with van der Waals surface area (Å²) < 4.78 is 1.80. The largest absolute Gasteiger partial charge is 0.394 e. The molecular formula is C13H26N4OS. The van der Waals surface area contributed by atoms with Crippen LogP contribution in [0.25, 0.3) is 0 Å². The molecule has 0 fully saturated rings. The van der Waals surface area contributed by atoms with Gasteiger partial charge in [0.1, 0.15) is 6.33 Å². The van der Waals surface area contributed by atoms with Gasteiger partial charge in [0, 0.05) is 18.3 Å². The number of aliphatic hydroxyl groups is 1. The number of thioether (sulfide) groups is 1. The molecule has 0 saturated carbocycles. The first-order valence-electron chi connectivity index (χ1n) is 6.94. The summed E-state index contributed by atoms with van der Waals surface area (Å²) in [4.78, 5) is 4.18. The maximum atomic E-state index is 9.47. The van der Waals surface area contributed by atoms with E-state index in [0.29, 0.717) is 0 Å². The molecule has 0 aliphatic carbocycles. The Bertz CT molecular complexity index is 358. The average Bonchev–Trinajstić information content (AvgIpc) is 2.82. The van der Waals surface area contributed by atoms with Crippen molar-refractivity contribution in [2.75, 3.05) is 18.9 Å². The summed E-state index contributed by atoms with van der Waals surface area (Å²) in [6, 6.07) is 0. The Balaban J connectivity index is 2.17. The molecule has 2 N–H and O–H groups in total. The van der Waals surface area contributed by atoms with E-state index in [9.17, 15) is 5.11 Å². The highest BCUT2D eigenvalue weighted by atomic mass is 32.2. The van der Waals surface area contributed by atoms with Crippen LogP contribution in [0.15, 0.2) is 11.5 Å². The summed E-state index contributed by atoms with van der Waals surface area (Å²) in [7, 11) is 1.91. The van der Waals surface area contributed by atoms with E-state index in [2.05, 4.69) is 29.2 Å². The highest BCUT2D eigenvalue weighted by Crippen LogP contribution is 2.18. The number of hydrogen-bond donors (Lipinski definition) is 2. The van der Waals surface area contributed by atoms with Crippen LogP contribution in [-0.2, 0) is 7.05 Å². The molecule has 0 aliphatic heterocycles. The number of aliphatic hydroxyl groups excluding tert-OH is 1. The van der Waals surface area contributed by atoms with Crippen LogP contribution in [0, 0.1) is 0 Å². The smallest absolute Gasteiger partial charge is 0.185 e. The van der Waals surface area contributed by atoms with Gasteiger partial charge < -0.3 is 10.4 Å². The summed E-state index contributed by atoms with van der Waals surface area (Å²) in [5.74, 6) is 1.04. The van der Waals surface area contributed by atoms with Crippen LogP contribution in [0.4, 0.5) is 0 Å². The van der Waals surface area contributed by atoms with Crippen molar-refractivity contribution >= 4 is 11.8 Å². The molecular weight excluding hydrogens is 260 g/mol. The first-order chi connectivity index (χ1) is 9.11. The molecule has 0 bridgehead atoms. The average molecular weight is 286 g/mol. The summed E-state index contributed by atoms with van der Waals surface area (Å²) in [5.41, 5.74) is -0.133. The third-order valence-electron chi connectivity index (χ3n) is 3.17. The molecule has 0 spiro atoms. The van der Waals surface area contributed by atoms with Crippen LogP contribution in [0.5, 0.6) is 0 Å². The van der Waals surface area contributed by atoms with Crippen LogP contribution in [0.2, 0.25) is 0 Å². The number of nitrogens with zero attached hydrogens (tertiary/aromatic N) is 3. The number of aryl methyl sites for hydroxylation is 1. The Morgan fingerprint density at radius 1 is 1.47 bits per heavy atom. The SMILES string of the molecule is CCCNC(C)(CO)CCCCSc1ncnn1C. The topological polar surface area (TPSA) is 63.0 Å². The molecule has 110 valence electrons. The molecule has 0 amide bonds. The molecule has 0 aliphatic rings. The Morgan fingerprint density at radius 3 is 2.84 bits per heavy atom. The Hall–Kier alpha value is -0.590. The molecule has 1 rings (SSSR count). The molecule has 1 heterocycles. The molecule has 1 unspecified atom stereocenters. The van der Waals surface area contributed by atoms with E-state index in [0.717, 1.165) is 43.1 Å². The summed E-state index contributed by atoms with van der Waals surface area (Å²) in [6.45, 7) is 5.40. The van der Waals surface area contributed by atoms with E-state index in [1.54, 1.807) is 22.8 Å². The van der Waals surface area contributed by atoms with Crippen molar-refractivity contribution < 1.29 is 5.11 Å². The lowest BCUT2D eigenvalue weighted by molar-refractivity contribution is 0.163. The van der Waals surface area contributed by atoms with Gasteiger partial charge in [-0.2, -0.15) is 5.10 Å². The van der Waals surface area contributed by atoms with Crippen molar-refractivity contribution in [3.63, 3.8) is 0 Å². The van der Waals surface area contributed by atoms with Crippen LogP contribution >= 0.6 is 11.8 Å². The van der Waals surface area contributed by atoms with Gasteiger partial charge in [-0.15, -0.1) is 0 Å². The van der Waals surface area contributed by atoms with Gasteiger partial charge in [0.2, 0.25) is 0 Å². The summed E-state index contributed by atoms with van der Waals surface area (Å²) in [5, 5.41) is 17.9. The standard InChI is InChI=1S/C13H26N4OS/c1-4-8-15-13(2,10-18)7-5-6-9-19-12-14-11-16-17(12)3/h11,15,18H,4-10H2,1-3H3. The van der Waals surface area contributed by atoms with Crippen molar-refractivity contribution in [3.8, 4) is 0 Å². The predicted octanol–water partition coefficient (Wildman–Crippen LogP) is 1.83. The zero-order valence-corrected chi connectivity index (χ0v) is 13.0. The molecule has 0 saturated heterocycles. The molecule has 0 aromatic carbocycles. The third-order valence-corrected chi connectivity index (χ3v) is 4.30. The van der Waals surface area contributed by atoms with E-state index < -0.39 is 0 Å². The van der Waals surface area contributed by atoms with E-state index in [-0.39, 0.29) is 12.1 Å². The molecule has 1 aromatic heterocycles. The second-order valence-electron chi connectivity index (χ2n) is 5.12. The minimum atomic E-state index is -0.133. The lowest BCUT2D eigenvalue weighted by Crippen LogP contribution is -2.46. The minimum absolute atomic E-state index is 0.133. The zero-order chi connectivity index (χ0) is 14.1. The number of rotatable bonds is 10. The fourth-order valence-corrected chi connectivity index (χ4v) is 2.73. The normalized spacial score (nSPS) is 14.5. The number of unbranched alkanes of at least 4 members (excludes halogenated alkanes) is 1. The Labute approximate surface area is 120 Å². The second-order valence-corrected chi connectivity index (χ2v) is 6.18. The van der Waals surface area contributed by atoms with Gasteiger partial charge in [-0.05, 0) is 32.7 Å². The molecule has 1 aromatic rings. The fraction of sp³-hybridized carbons (Fsp3) is 0.846. The molecule has 5 nitrogen and oxygen atoms in total. The molecule has 19 heavy (non-hydrogen) atoms. The van der Waals surface area contributed by atoms with E-state index in [1.165, 1.54) is 0 Å². The quantitative estimate of drug-likeness (QED) is 0.507. The van der Waals surface area contributed by atoms with Crippen LogP contribution in [-0.4, -0.2) is 44.3 Å². The van der Waals surface area contributed by atoms with E-state index in [4.69, 9.17) is 0 Å². The van der Waals surface area contributed by atoms with Crippen molar-refractivity contribution in [1.29, 1.82) is 0 Å². The monoisotopic (exact) mass is 286 g/mol. The van der Waals surface area contributed by atoms with Gasteiger partial charge in [-0.1, -0.05) is 25.1 Å². The summed E-state index contributed by atoms with van der Waals surface area (Å²) >= 11 is 1.74. The molecule has 6 heteroatoms. The maximum Gasteiger partial charge on any atom is 0.185 e. The van der Waals surface area contributed by atoms with Crippen molar-refractivity contribution in [1.82, 2.24) is 20.1 Å². The maximum absolute atomic E-state index is 9.47. The van der Waals surface area contributed by atoms with Crippen LogP contribution in [0.1, 0.15) is 39.5 Å². The predicted molar refractivity (Wildman–Crippen MR) is 79.4 cm³/mol. The highest BCUT2D eigenvalue weighted by Gasteiger charge is 2.21. The van der Waals surface area contributed by atoms with Gasteiger partial charge in [0.25, 0.3) is 0 Å². The number of aromatic nitrogens is 3. The lowest BCUT2D eigenvalue weighted by Gasteiger charge is -2.28. The highest BCUT2D eigenvalue weighted by molar-refractivity contribution is 7.99. The van der Waals surface area contributed by atoms with Gasteiger partial charge in [-0.3, -0.25) is 0 Å². The molecule has 1 atom stereocenters. The fourth-order valence-electron chi connectivity index (χ4n) is 1.85. The number of hydrogen-bond acceptors (Lipinski definition) is 5. The molecule has 0 radical (unpaired) electrons. The Morgan fingerprint density at radius 2 is 2.26 bits per heavy atom. The Kier molecular flexibility index (Phi) is 7.41. The second kappa shape index (κ2) is 8.55. The van der Waals surface area contributed by atoms with Gasteiger partial charge >= 0.3 is 0 Å². The first-order valence-corrected chi connectivity index (χ1v) is 7.92. The van der Waals surface area contributed by atoms with Crippen LogP contribution in [0.3, 0.4) is 0 Å². The van der Waals surface area contributed by atoms with Crippen molar-refractivity contribution in [3.05, 3.63) is 6.33 Å². The third kappa shape index (κ3) is 5.93. The lowest BCUT2D eigenvalue weighted by atomic mass is 9.96. The van der Waals surface area contributed by atoms with Crippen LogP contribution < -0.4 is 5.32 Å². The van der Waals surface area contributed by atoms with E-state index >= 15 is 0 Å². The van der Waals surface area contributed by atoms with Crippen molar-refractivity contribution in [2.45, 2.75) is 50.2 Å². The van der Waals surface area contributed by atoms with Crippen molar-refractivity contribution in [2.24, 2.45) is 7.05 Å². The number of nitrogens with one attached hydrogen (secondary N) is 1. The van der Waals surface area contributed by atoms with Gasteiger partial charge in [0.05, 0.1) is 6.61 Å².